The molecule has 5 fully saturated rings. The highest BCUT2D eigenvalue weighted by Crippen LogP contribution is 2.49. The van der Waals surface area contributed by atoms with Gasteiger partial charge in [0, 0.05) is 47.0 Å². The molecule has 10 nitrogen and oxygen atoms in total. The molecule has 2 saturated carbocycles. The fourth-order valence-corrected chi connectivity index (χ4v) is 8.31. The lowest BCUT2D eigenvalue weighted by Crippen LogP contribution is -2.63. The number of aliphatic carboxylic acids is 1. The number of nitrogens with one attached hydrogen (secondary N) is 2. The molecule has 232 valence electrons. The highest BCUT2D eigenvalue weighted by atomic mass is 35.5. The number of fused-ring (bicyclic) bond motifs is 1. The van der Waals surface area contributed by atoms with E-state index in [9.17, 15) is 19.5 Å². The standard InChI is InChI=1S/C33H37ClN4O6/c1-33(16-21-17-35-28-5-3-2-4-27(21)28,36-32(42)44-38-23-11-19-10-20(13-23)14-24(38)12-19)31(41)37-18-26(15-29(37)30(39)40)43-25-8-6-22(34)7-9-25/h2-9,17,19-20,23-24,26,29,35H,10-16,18H2,1H3,(H,36,42)(H,39,40)/t19?,20?,23?,24?,26-,29-,33-/m1/s1. The number of carboxylic acids is 1. The maximum Gasteiger partial charge on any atom is 0.427 e. The number of carbonyl (C=O) groups is 3. The van der Waals surface area contributed by atoms with Crippen molar-refractivity contribution in [3.05, 3.63) is 65.3 Å². The lowest BCUT2D eigenvalue weighted by Gasteiger charge is -2.54. The average Bonchev–Trinajstić information content (AvgIpc) is 3.60. The Morgan fingerprint density at radius 2 is 1.68 bits per heavy atom. The number of rotatable bonds is 8. The zero-order valence-corrected chi connectivity index (χ0v) is 25.3. The number of ether oxygens (including phenoxy) is 1. The number of likely N-dealkylation sites (tertiary alicyclic amines) is 1. The number of benzene rings is 2. The molecule has 2 aromatic carbocycles. The van der Waals surface area contributed by atoms with E-state index in [0.717, 1.165) is 42.1 Å². The predicted octanol–water partition coefficient (Wildman–Crippen LogP) is 5.16. The minimum atomic E-state index is -1.50. The molecular formula is C33H37ClN4O6. The van der Waals surface area contributed by atoms with Crippen LogP contribution in [-0.4, -0.2) is 74.3 Å². The van der Waals surface area contributed by atoms with Crippen molar-refractivity contribution >= 4 is 40.5 Å². The first-order chi connectivity index (χ1) is 21.1. The molecular weight excluding hydrogens is 584 g/mol. The zero-order chi connectivity index (χ0) is 30.6. The number of piperidine rings is 2. The summed E-state index contributed by atoms with van der Waals surface area (Å²) in [4.78, 5) is 51.0. The maximum absolute atomic E-state index is 14.5. The summed E-state index contributed by atoms with van der Waals surface area (Å²) in [5.41, 5.74) is 0.227. The molecule has 44 heavy (non-hydrogen) atoms. The van der Waals surface area contributed by atoms with Crippen molar-refractivity contribution in [2.45, 2.75) is 81.6 Å². The summed E-state index contributed by atoms with van der Waals surface area (Å²) < 4.78 is 6.06. The highest BCUT2D eigenvalue weighted by Gasteiger charge is 2.51. The van der Waals surface area contributed by atoms with Crippen molar-refractivity contribution in [1.29, 1.82) is 0 Å². The van der Waals surface area contributed by atoms with E-state index < -0.39 is 35.7 Å². The van der Waals surface area contributed by atoms with Gasteiger partial charge in [-0.05, 0) is 86.8 Å². The van der Waals surface area contributed by atoms with Gasteiger partial charge in [0.25, 0.3) is 0 Å². The SMILES string of the molecule is C[C@](Cc1c[nH]c2ccccc12)(NC(=O)ON1C2CC3CC(C2)CC1C3)C(=O)N1C[C@H](Oc2ccc(Cl)cc2)C[C@@H]1C(=O)O. The molecule has 2 aliphatic carbocycles. The van der Waals surface area contributed by atoms with Crippen LogP contribution in [0.25, 0.3) is 10.9 Å². The number of carbonyl (C=O) groups excluding carboxylic acids is 2. The summed E-state index contributed by atoms with van der Waals surface area (Å²) in [5, 5.41) is 16.4. The van der Waals surface area contributed by atoms with Crippen LogP contribution in [0.1, 0.15) is 51.0 Å². The summed E-state index contributed by atoms with van der Waals surface area (Å²) in [5.74, 6) is 0.290. The normalized spacial score (nSPS) is 29.0. The van der Waals surface area contributed by atoms with Crippen LogP contribution in [0.3, 0.4) is 0 Å². The van der Waals surface area contributed by atoms with Gasteiger partial charge in [0.15, 0.2) is 0 Å². The first-order valence-electron chi connectivity index (χ1n) is 15.4. The predicted molar refractivity (Wildman–Crippen MR) is 163 cm³/mol. The van der Waals surface area contributed by atoms with E-state index in [1.54, 1.807) is 31.2 Å². The highest BCUT2D eigenvalue weighted by molar-refractivity contribution is 6.30. The topological polar surface area (TPSA) is 124 Å². The lowest BCUT2D eigenvalue weighted by atomic mass is 9.64. The van der Waals surface area contributed by atoms with Crippen molar-refractivity contribution in [2.24, 2.45) is 11.8 Å². The Morgan fingerprint density at radius 3 is 2.36 bits per heavy atom. The number of aromatic amines is 1. The number of nitrogens with zero attached hydrogens (tertiary/aromatic N) is 2. The number of hydroxylamine groups is 2. The van der Waals surface area contributed by atoms with Gasteiger partial charge in [-0.15, -0.1) is 5.06 Å². The average molecular weight is 621 g/mol. The Kier molecular flexibility index (Phi) is 7.45. The minimum Gasteiger partial charge on any atom is -0.488 e. The fourth-order valence-electron chi connectivity index (χ4n) is 8.18. The van der Waals surface area contributed by atoms with Gasteiger partial charge < -0.3 is 29.9 Å². The summed E-state index contributed by atoms with van der Waals surface area (Å²) in [7, 11) is 0. The number of hydrogen-bond donors (Lipinski definition) is 3. The monoisotopic (exact) mass is 620 g/mol. The van der Waals surface area contributed by atoms with E-state index in [1.807, 2.05) is 35.5 Å². The molecule has 3 aliphatic heterocycles. The summed E-state index contributed by atoms with van der Waals surface area (Å²) >= 11 is 6.01. The first kappa shape index (κ1) is 29.0. The van der Waals surface area contributed by atoms with Crippen LogP contribution >= 0.6 is 11.6 Å². The van der Waals surface area contributed by atoms with E-state index in [0.29, 0.717) is 22.6 Å². The van der Waals surface area contributed by atoms with Crippen molar-refractivity contribution in [2.75, 3.05) is 6.54 Å². The number of hydrogen-bond acceptors (Lipinski definition) is 6. The van der Waals surface area contributed by atoms with E-state index in [1.165, 1.54) is 11.3 Å². The summed E-state index contributed by atoms with van der Waals surface area (Å²) in [6.07, 6.45) is 6.18. The van der Waals surface area contributed by atoms with Crippen LogP contribution < -0.4 is 10.1 Å². The molecule has 3 atom stereocenters. The van der Waals surface area contributed by atoms with Gasteiger partial charge in [-0.2, -0.15) is 0 Å². The Hall–Kier alpha value is -3.76. The van der Waals surface area contributed by atoms with Gasteiger partial charge in [-0.3, -0.25) is 4.79 Å². The smallest absolute Gasteiger partial charge is 0.427 e. The molecule has 3 aromatic rings. The number of carboxylic acid groups (broad SMARTS) is 1. The second-order valence-electron chi connectivity index (χ2n) is 13.2. The second kappa shape index (κ2) is 11.3. The molecule has 4 bridgehead atoms. The maximum atomic E-state index is 14.5. The van der Waals surface area contributed by atoms with Crippen LogP contribution in [-0.2, 0) is 20.8 Å². The molecule has 11 heteroatoms. The number of amides is 2. The molecule has 3 N–H and O–H groups in total. The molecule has 8 rings (SSSR count). The third-order valence-corrected chi connectivity index (χ3v) is 10.2. The van der Waals surface area contributed by atoms with Crippen molar-refractivity contribution in [3.63, 3.8) is 0 Å². The van der Waals surface area contributed by atoms with Crippen molar-refractivity contribution in [1.82, 2.24) is 20.3 Å². The molecule has 0 spiro atoms. The number of para-hydroxylation sites is 1. The van der Waals surface area contributed by atoms with Crippen LogP contribution in [0.15, 0.2) is 54.7 Å². The fraction of sp³-hybridized carbons (Fsp3) is 0.485. The molecule has 4 heterocycles. The Morgan fingerprint density at radius 1 is 1.00 bits per heavy atom. The van der Waals surface area contributed by atoms with Crippen LogP contribution in [0, 0.1) is 11.8 Å². The Labute approximate surface area is 260 Å². The lowest BCUT2D eigenvalue weighted by molar-refractivity contribution is -0.228. The van der Waals surface area contributed by atoms with Gasteiger partial charge in [0.1, 0.15) is 23.4 Å². The molecule has 0 unspecified atom stereocenters. The Balaban J connectivity index is 1.14. The third-order valence-electron chi connectivity index (χ3n) is 9.99. The zero-order valence-electron chi connectivity index (χ0n) is 24.6. The minimum absolute atomic E-state index is 0.0533. The first-order valence-corrected chi connectivity index (χ1v) is 15.8. The third kappa shape index (κ3) is 5.49. The van der Waals surface area contributed by atoms with Crippen LogP contribution in [0.2, 0.25) is 5.02 Å². The summed E-state index contributed by atoms with van der Waals surface area (Å²) in [6.45, 7) is 1.70. The van der Waals surface area contributed by atoms with Gasteiger partial charge in [0.05, 0.1) is 6.54 Å². The van der Waals surface area contributed by atoms with Gasteiger partial charge >= 0.3 is 12.1 Å². The van der Waals surface area contributed by atoms with Crippen LogP contribution in [0.4, 0.5) is 4.79 Å². The molecule has 0 radical (unpaired) electrons. The van der Waals surface area contributed by atoms with Crippen LogP contribution in [0.5, 0.6) is 5.75 Å². The molecule has 5 aliphatic rings. The van der Waals surface area contributed by atoms with E-state index >= 15 is 0 Å². The quantitative estimate of drug-likeness (QED) is 0.318. The van der Waals surface area contributed by atoms with E-state index in [2.05, 4.69) is 10.3 Å². The molecule has 1 aromatic heterocycles. The van der Waals surface area contributed by atoms with Crippen molar-refractivity contribution < 1.29 is 29.1 Å². The van der Waals surface area contributed by atoms with Gasteiger partial charge in [-0.1, -0.05) is 29.8 Å². The number of H-pyrrole nitrogens is 1. The van der Waals surface area contributed by atoms with Gasteiger partial charge in [0.2, 0.25) is 5.91 Å². The van der Waals surface area contributed by atoms with E-state index in [4.69, 9.17) is 21.2 Å². The molecule has 2 amide bonds. The van der Waals surface area contributed by atoms with Gasteiger partial charge in [-0.25, -0.2) is 9.59 Å². The molecule has 3 saturated heterocycles. The van der Waals surface area contributed by atoms with E-state index in [-0.39, 0.29) is 31.5 Å². The number of halogens is 1. The number of aromatic nitrogens is 1. The Bertz CT molecular complexity index is 1550. The van der Waals surface area contributed by atoms with Crippen molar-refractivity contribution in [3.8, 4) is 5.75 Å². The summed E-state index contributed by atoms with van der Waals surface area (Å²) in [6, 6.07) is 13.8. The largest absolute Gasteiger partial charge is 0.488 e. The second-order valence-corrected chi connectivity index (χ2v) is 13.6.